The van der Waals surface area contributed by atoms with Gasteiger partial charge in [0.05, 0.1) is 18.9 Å². The summed E-state index contributed by atoms with van der Waals surface area (Å²) >= 11 is 6.28. The molecular weight excluding hydrogens is 374 g/mol. The molecule has 140 valence electrons. The van der Waals surface area contributed by atoms with Crippen LogP contribution in [0.3, 0.4) is 0 Å². The first kappa shape index (κ1) is 17.1. The quantitative estimate of drug-likeness (QED) is 0.631. The Balaban J connectivity index is 1.60. The van der Waals surface area contributed by atoms with Crippen LogP contribution >= 0.6 is 11.6 Å². The second-order valence-electron chi connectivity index (χ2n) is 6.81. The normalized spacial score (nSPS) is 20.1. The number of nitrogens with zero attached hydrogens (tertiary/aromatic N) is 3. The van der Waals surface area contributed by atoms with Crippen LogP contribution < -0.4 is 9.47 Å². The minimum Gasteiger partial charge on any atom is -0.497 e. The van der Waals surface area contributed by atoms with Crippen LogP contribution in [0, 0.1) is 0 Å². The lowest BCUT2D eigenvalue weighted by molar-refractivity contribution is -0.0190. The lowest BCUT2D eigenvalue weighted by Gasteiger charge is -2.38. The molecule has 6 heteroatoms. The van der Waals surface area contributed by atoms with Crippen molar-refractivity contribution < 1.29 is 9.47 Å². The molecule has 0 unspecified atom stereocenters. The fourth-order valence-corrected chi connectivity index (χ4v) is 3.96. The minimum absolute atomic E-state index is 0.0572. The van der Waals surface area contributed by atoms with Crippen molar-refractivity contribution in [3.8, 4) is 11.5 Å². The molecule has 5 nitrogen and oxygen atoms in total. The van der Waals surface area contributed by atoms with Gasteiger partial charge in [0.2, 0.25) is 6.23 Å². The lowest BCUT2D eigenvalue weighted by atomic mass is 9.96. The van der Waals surface area contributed by atoms with Gasteiger partial charge >= 0.3 is 0 Å². The first-order valence-corrected chi connectivity index (χ1v) is 9.47. The predicted molar refractivity (Wildman–Crippen MR) is 108 cm³/mol. The summed E-state index contributed by atoms with van der Waals surface area (Å²) in [4.78, 5) is 4.12. The maximum absolute atomic E-state index is 6.32. The Morgan fingerprint density at radius 2 is 1.96 bits per heavy atom. The van der Waals surface area contributed by atoms with Crippen LogP contribution in [0.2, 0.25) is 5.02 Å². The highest BCUT2D eigenvalue weighted by Gasteiger charge is 2.41. The molecule has 28 heavy (non-hydrogen) atoms. The number of aromatic nitrogens is 1. The maximum Gasteiger partial charge on any atom is 0.213 e. The number of hydrazone groups is 1. The van der Waals surface area contributed by atoms with Gasteiger partial charge in [-0.2, -0.15) is 5.10 Å². The van der Waals surface area contributed by atoms with Gasteiger partial charge in [0.25, 0.3) is 0 Å². The van der Waals surface area contributed by atoms with E-state index in [1.54, 1.807) is 19.5 Å². The van der Waals surface area contributed by atoms with E-state index in [1.165, 1.54) is 0 Å². The number of fused-ring (bicyclic) bond motifs is 3. The van der Waals surface area contributed by atoms with Crippen molar-refractivity contribution in [2.24, 2.45) is 5.10 Å². The van der Waals surface area contributed by atoms with Gasteiger partial charge in [-0.1, -0.05) is 23.7 Å². The molecule has 0 fully saturated rings. The Bertz CT molecular complexity index is 1050. The summed E-state index contributed by atoms with van der Waals surface area (Å²) in [7, 11) is 1.67. The van der Waals surface area contributed by atoms with E-state index in [2.05, 4.69) is 11.1 Å². The van der Waals surface area contributed by atoms with Crippen LogP contribution in [0.1, 0.15) is 35.4 Å². The molecule has 2 aliphatic heterocycles. The Hall–Kier alpha value is -3.05. The largest absolute Gasteiger partial charge is 0.497 e. The summed E-state index contributed by atoms with van der Waals surface area (Å²) in [5, 5.41) is 7.67. The average molecular weight is 392 g/mol. The van der Waals surface area contributed by atoms with Crippen molar-refractivity contribution >= 4 is 17.3 Å². The molecule has 0 saturated carbocycles. The number of methoxy groups -OCH3 is 1. The van der Waals surface area contributed by atoms with Crippen LogP contribution in [-0.2, 0) is 0 Å². The van der Waals surface area contributed by atoms with Crippen LogP contribution in [0.25, 0.3) is 0 Å². The van der Waals surface area contributed by atoms with Gasteiger partial charge in [0, 0.05) is 40.5 Å². The third kappa shape index (κ3) is 2.88. The standard InChI is InChI=1S/C22H18ClN3O2/c1-27-17-4-2-3-15(11-17)19-13-20-18-12-16(23)5-6-21(18)28-22(26(20)25-19)14-7-9-24-10-8-14/h2-12,20,22H,13H2,1H3/t20-,22-/m0/s1. The molecule has 2 aromatic carbocycles. The number of hydrogen-bond acceptors (Lipinski definition) is 5. The van der Waals surface area contributed by atoms with Gasteiger partial charge in [-0.3, -0.25) is 4.98 Å². The number of halogens is 1. The number of pyridine rings is 1. The van der Waals surface area contributed by atoms with E-state index < -0.39 is 0 Å². The highest BCUT2D eigenvalue weighted by Crippen LogP contribution is 2.48. The van der Waals surface area contributed by atoms with E-state index in [1.807, 2.05) is 53.5 Å². The van der Waals surface area contributed by atoms with Crippen LogP contribution in [-0.4, -0.2) is 22.8 Å². The minimum atomic E-state index is -0.315. The highest BCUT2D eigenvalue weighted by molar-refractivity contribution is 6.30. The van der Waals surface area contributed by atoms with E-state index >= 15 is 0 Å². The smallest absolute Gasteiger partial charge is 0.213 e. The fraction of sp³-hybridized carbons (Fsp3) is 0.182. The molecule has 0 saturated heterocycles. The molecule has 0 aliphatic carbocycles. The summed E-state index contributed by atoms with van der Waals surface area (Å²) in [6, 6.07) is 17.7. The molecule has 3 heterocycles. The first-order chi connectivity index (χ1) is 13.7. The topological polar surface area (TPSA) is 47.0 Å². The van der Waals surface area contributed by atoms with Gasteiger partial charge in [0.15, 0.2) is 0 Å². The van der Waals surface area contributed by atoms with E-state index in [0.717, 1.165) is 40.3 Å². The maximum atomic E-state index is 6.32. The Kier molecular flexibility index (Phi) is 4.17. The molecule has 0 spiro atoms. The second kappa shape index (κ2) is 6.84. The predicted octanol–water partition coefficient (Wildman–Crippen LogP) is 4.99. The average Bonchev–Trinajstić information content (AvgIpc) is 3.20. The van der Waals surface area contributed by atoms with Gasteiger partial charge in [0.1, 0.15) is 11.5 Å². The highest BCUT2D eigenvalue weighted by atomic mass is 35.5. The van der Waals surface area contributed by atoms with E-state index in [4.69, 9.17) is 26.2 Å². The monoisotopic (exact) mass is 391 g/mol. The Morgan fingerprint density at radius 3 is 2.79 bits per heavy atom. The van der Waals surface area contributed by atoms with Crippen molar-refractivity contribution in [2.75, 3.05) is 7.11 Å². The molecule has 0 N–H and O–H groups in total. The number of rotatable bonds is 3. The Labute approximate surface area is 168 Å². The van der Waals surface area contributed by atoms with Crippen molar-refractivity contribution in [3.05, 3.63) is 88.7 Å². The lowest BCUT2D eigenvalue weighted by Crippen LogP contribution is -2.33. The summed E-state index contributed by atoms with van der Waals surface area (Å²) in [6.07, 6.45) is 4.00. The number of benzene rings is 2. The summed E-state index contributed by atoms with van der Waals surface area (Å²) < 4.78 is 11.7. The van der Waals surface area contributed by atoms with Crippen LogP contribution in [0.15, 0.2) is 72.1 Å². The zero-order valence-electron chi connectivity index (χ0n) is 15.2. The SMILES string of the molecule is COc1cccc(C2=NN3[C@@H](C2)c2cc(Cl)ccc2O[C@H]3c2ccncc2)c1. The molecule has 0 bridgehead atoms. The third-order valence-electron chi connectivity index (χ3n) is 5.15. The first-order valence-electron chi connectivity index (χ1n) is 9.09. The summed E-state index contributed by atoms with van der Waals surface area (Å²) in [6.45, 7) is 0. The molecule has 3 aromatic rings. The molecule has 1 aromatic heterocycles. The van der Waals surface area contributed by atoms with Crippen LogP contribution in [0.5, 0.6) is 11.5 Å². The zero-order valence-corrected chi connectivity index (χ0v) is 16.0. The molecule has 2 atom stereocenters. The van der Waals surface area contributed by atoms with Crippen LogP contribution in [0.4, 0.5) is 0 Å². The van der Waals surface area contributed by atoms with E-state index in [-0.39, 0.29) is 12.3 Å². The molecule has 2 aliphatic rings. The summed E-state index contributed by atoms with van der Waals surface area (Å²) in [5.74, 6) is 1.66. The molecule has 5 rings (SSSR count). The van der Waals surface area contributed by atoms with Gasteiger partial charge in [-0.25, -0.2) is 5.01 Å². The van der Waals surface area contributed by atoms with Crippen molar-refractivity contribution in [3.63, 3.8) is 0 Å². The molecular formula is C22H18ClN3O2. The van der Waals surface area contributed by atoms with Gasteiger partial charge in [-0.15, -0.1) is 0 Å². The zero-order chi connectivity index (χ0) is 19.1. The molecule has 0 radical (unpaired) electrons. The Morgan fingerprint density at radius 1 is 1.11 bits per heavy atom. The van der Waals surface area contributed by atoms with Gasteiger partial charge < -0.3 is 9.47 Å². The van der Waals surface area contributed by atoms with E-state index in [0.29, 0.717) is 5.02 Å². The summed E-state index contributed by atoms with van der Waals surface area (Å²) in [5.41, 5.74) is 4.11. The molecule has 0 amide bonds. The third-order valence-corrected chi connectivity index (χ3v) is 5.38. The van der Waals surface area contributed by atoms with Gasteiger partial charge in [-0.05, 0) is 42.5 Å². The van der Waals surface area contributed by atoms with Crippen molar-refractivity contribution in [1.82, 2.24) is 9.99 Å². The number of hydrogen-bond donors (Lipinski definition) is 0. The van der Waals surface area contributed by atoms with Crippen molar-refractivity contribution in [2.45, 2.75) is 18.7 Å². The van der Waals surface area contributed by atoms with Crippen molar-refractivity contribution in [1.29, 1.82) is 0 Å². The van der Waals surface area contributed by atoms with E-state index in [9.17, 15) is 0 Å². The number of ether oxygens (including phenoxy) is 2. The second-order valence-corrected chi connectivity index (χ2v) is 7.25. The fourth-order valence-electron chi connectivity index (χ4n) is 3.78.